The molecule has 0 fully saturated rings. The summed E-state index contributed by atoms with van der Waals surface area (Å²) >= 11 is 7.25. The molecule has 0 unspecified atom stereocenters. The lowest BCUT2D eigenvalue weighted by Gasteiger charge is -2.05. The smallest absolute Gasteiger partial charge is 0.179 e. The minimum Gasteiger partial charge on any atom is -0.328 e. The van der Waals surface area contributed by atoms with Gasteiger partial charge in [0.05, 0.1) is 5.69 Å². The van der Waals surface area contributed by atoms with Crippen molar-refractivity contribution in [3.63, 3.8) is 0 Å². The van der Waals surface area contributed by atoms with Gasteiger partial charge in [-0.25, -0.2) is 4.68 Å². The van der Waals surface area contributed by atoms with Crippen molar-refractivity contribution in [3.8, 4) is 0 Å². The minimum absolute atomic E-state index is 0.809. The summed E-state index contributed by atoms with van der Waals surface area (Å²) in [6.07, 6.45) is 3.27. The number of thioether (sulfide) groups is 1. The van der Waals surface area contributed by atoms with Crippen LogP contribution in [-0.2, 0) is 13.1 Å². The summed E-state index contributed by atoms with van der Waals surface area (Å²) in [5, 5.41) is 4.51. The Morgan fingerprint density at radius 3 is 2.88 bits per heavy atom. The molecule has 0 atom stereocenters. The summed E-state index contributed by atoms with van der Waals surface area (Å²) in [4.78, 5) is 3.26. The van der Waals surface area contributed by atoms with Crippen LogP contribution in [0.1, 0.15) is 19.0 Å². The number of rotatable bonds is 5. The van der Waals surface area contributed by atoms with Gasteiger partial charge >= 0.3 is 0 Å². The van der Waals surface area contributed by atoms with E-state index >= 15 is 0 Å². The molecule has 2 rings (SSSR count). The third kappa shape index (κ3) is 2.28. The molecular weight excluding hydrogens is 252 g/mol. The van der Waals surface area contributed by atoms with Crippen LogP contribution in [0.15, 0.2) is 0 Å². The fraction of sp³-hybridized carbons (Fsp3) is 0.636. The maximum atomic E-state index is 5.38. The summed E-state index contributed by atoms with van der Waals surface area (Å²) in [7, 11) is 0. The maximum absolute atomic E-state index is 5.38. The van der Waals surface area contributed by atoms with E-state index in [-0.39, 0.29) is 0 Å². The number of aryl methyl sites for hydroxylation is 3. The zero-order chi connectivity index (χ0) is 12.4. The number of fused-ring (bicyclic) bond motifs is 1. The van der Waals surface area contributed by atoms with E-state index in [0.29, 0.717) is 0 Å². The SMILES string of the molecule is CCn1nc(C)c2[nH]c(=S)n(CCCSC)c21. The van der Waals surface area contributed by atoms with Crippen LogP contribution in [0.25, 0.3) is 11.2 Å². The average molecular weight is 270 g/mol. The lowest BCUT2D eigenvalue weighted by atomic mass is 10.4. The standard InChI is InChI=1S/C11H18N4S2/c1-4-15-10-9(8(2)13-15)12-11(16)14(10)6-5-7-17-3/h4-7H2,1-3H3,(H,12,16). The van der Waals surface area contributed by atoms with Crippen molar-refractivity contribution in [1.82, 2.24) is 19.3 Å². The Morgan fingerprint density at radius 1 is 1.47 bits per heavy atom. The van der Waals surface area contributed by atoms with Crippen LogP contribution in [0, 0.1) is 11.7 Å². The summed E-state index contributed by atoms with van der Waals surface area (Å²) in [5.74, 6) is 1.16. The maximum Gasteiger partial charge on any atom is 0.179 e. The van der Waals surface area contributed by atoms with Crippen LogP contribution in [0.3, 0.4) is 0 Å². The molecule has 1 N–H and O–H groups in total. The van der Waals surface area contributed by atoms with Gasteiger partial charge in [0.1, 0.15) is 5.52 Å². The highest BCUT2D eigenvalue weighted by Crippen LogP contribution is 2.18. The Balaban J connectivity index is 2.45. The molecule has 0 aliphatic carbocycles. The molecule has 0 saturated carbocycles. The van der Waals surface area contributed by atoms with Crippen LogP contribution >= 0.6 is 24.0 Å². The van der Waals surface area contributed by atoms with Gasteiger partial charge in [-0.2, -0.15) is 16.9 Å². The number of nitrogens with zero attached hydrogens (tertiary/aromatic N) is 3. The monoisotopic (exact) mass is 270 g/mol. The molecule has 94 valence electrons. The Labute approximate surface area is 110 Å². The molecule has 0 saturated heterocycles. The van der Waals surface area contributed by atoms with Crippen molar-refractivity contribution in [3.05, 3.63) is 10.5 Å². The summed E-state index contributed by atoms with van der Waals surface area (Å²) in [6, 6.07) is 0. The van der Waals surface area contributed by atoms with Gasteiger partial charge in [-0.1, -0.05) is 0 Å². The van der Waals surface area contributed by atoms with Crippen LogP contribution in [0.4, 0.5) is 0 Å². The predicted molar refractivity (Wildman–Crippen MR) is 76.3 cm³/mol. The van der Waals surface area contributed by atoms with E-state index < -0.39 is 0 Å². The highest BCUT2D eigenvalue weighted by molar-refractivity contribution is 7.98. The third-order valence-corrected chi connectivity index (χ3v) is 3.88. The predicted octanol–water partition coefficient (Wildman–Crippen LogP) is 2.98. The normalized spacial score (nSPS) is 11.5. The molecule has 2 aromatic rings. The van der Waals surface area contributed by atoms with E-state index in [0.717, 1.165) is 46.9 Å². The molecule has 0 bridgehead atoms. The topological polar surface area (TPSA) is 38.5 Å². The van der Waals surface area contributed by atoms with Gasteiger partial charge in [0, 0.05) is 13.1 Å². The zero-order valence-electron chi connectivity index (χ0n) is 10.5. The van der Waals surface area contributed by atoms with Gasteiger partial charge in [-0.15, -0.1) is 0 Å². The summed E-state index contributed by atoms with van der Waals surface area (Å²) in [6.45, 7) is 5.96. The number of imidazole rings is 1. The van der Waals surface area contributed by atoms with Gasteiger partial charge in [-0.3, -0.25) is 0 Å². The highest BCUT2D eigenvalue weighted by Gasteiger charge is 2.13. The van der Waals surface area contributed by atoms with Crippen molar-refractivity contribution in [2.45, 2.75) is 33.4 Å². The van der Waals surface area contributed by atoms with E-state index in [1.807, 2.05) is 23.4 Å². The molecule has 0 aromatic carbocycles. The van der Waals surface area contributed by atoms with Gasteiger partial charge in [0.25, 0.3) is 0 Å². The van der Waals surface area contributed by atoms with Crippen molar-refractivity contribution >= 4 is 35.1 Å². The fourth-order valence-electron chi connectivity index (χ4n) is 2.06. The Morgan fingerprint density at radius 2 is 2.24 bits per heavy atom. The third-order valence-electron chi connectivity index (χ3n) is 2.86. The second-order valence-electron chi connectivity index (χ2n) is 4.03. The lowest BCUT2D eigenvalue weighted by Crippen LogP contribution is -2.06. The van der Waals surface area contributed by atoms with Gasteiger partial charge < -0.3 is 9.55 Å². The molecule has 2 heterocycles. The first-order chi connectivity index (χ1) is 8.19. The largest absolute Gasteiger partial charge is 0.328 e. The highest BCUT2D eigenvalue weighted by atomic mass is 32.2. The van der Waals surface area contributed by atoms with Crippen LogP contribution in [-0.4, -0.2) is 31.3 Å². The first kappa shape index (κ1) is 12.7. The second-order valence-corrected chi connectivity index (χ2v) is 5.40. The van der Waals surface area contributed by atoms with E-state index in [2.05, 4.69) is 27.8 Å². The number of nitrogens with one attached hydrogen (secondary N) is 1. The number of hydrogen-bond acceptors (Lipinski definition) is 3. The van der Waals surface area contributed by atoms with Crippen LogP contribution in [0.5, 0.6) is 0 Å². The lowest BCUT2D eigenvalue weighted by molar-refractivity contribution is 0.619. The number of aromatic amines is 1. The second kappa shape index (κ2) is 5.27. The van der Waals surface area contributed by atoms with E-state index in [4.69, 9.17) is 12.2 Å². The molecule has 0 amide bonds. The quantitative estimate of drug-likeness (QED) is 0.670. The zero-order valence-corrected chi connectivity index (χ0v) is 12.1. The summed E-state index contributed by atoms with van der Waals surface area (Å²) in [5.41, 5.74) is 3.24. The molecule has 0 aliphatic heterocycles. The van der Waals surface area contributed by atoms with Gasteiger partial charge in [-0.05, 0) is 44.5 Å². The molecule has 17 heavy (non-hydrogen) atoms. The van der Waals surface area contributed by atoms with Crippen molar-refractivity contribution < 1.29 is 0 Å². The van der Waals surface area contributed by atoms with E-state index in [1.165, 1.54) is 0 Å². The Hall–Kier alpha value is -0.750. The molecule has 0 aliphatic rings. The van der Waals surface area contributed by atoms with E-state index in [1.54, 1.807) is 0 Å². The van der Waals surface area contributed by atoms with Crippen molar-refractivity contribution in [2.75, 3.05) is 12.0 Å². The molecule has 4 nitrogen and oxygen atoms in total. The molecular formula is C11H18N4S2. The van der Waals surface area contributed by atoms with Crippen LogP contribution in [0.2, 0.25) is 0 Å². The molecule has 0 spiro atoms. The molecule has 2 aromatic heterocycles. The molecule has 6 heteroatoms. The number of aromatic nitrogens is 4. The summed E-state index contributed by atoms with van der Waals surface area (Å²) < 4.78 is 5.00. The van der Waals surface area contributed by atoms with E-state index in [9.17, 15) is 0 Å². The van der Waals surface area contributed by atoms with Gasteiger partial charge in [0.2, 0.25) is 0 Å². The fourth-order valence-corrected chi connectivity index (χ4v) is 2.75. The Kier molecular flexibility index (Phi) is 3.93. The first-order valence-electron chi connectivity index (χ1n) is 5.84. The molecule has 0 radical (unpaired) electrons. The minimum atomic E-state index is 0.809. The van der Waals surface area contributed by atoms with Crippen LogP contribution < -0.4 is 0 Å². The van der Waals surface area contributed by atoms with Gasteiger partial charge in [0.15, 0.2) is 10.4 Å². The number of hydrogen-bond donors (Lipinski definition) is 1. The Bertz CT molecular complexity index is 564. The van der Waals surface area contributed by atoms with Crippen molar-refractivity contribution in [2.24, 2.45) is 0 Å². The number of H-pyrrole nitrogens is 1. The average Bonchev–Trinajstić information content (AvgIpc) is 2.79. The van der Waals surface area contributed by atoms with Crippen molar-refractivity contribution in [1.29, 1.82) is 0 Å². The first-order valence-corrected chi connectivity index (χ1v) is 7.64.